The van der Waals surface area contributed by atoms with Crippen molar-refractivity contribution in [2.75, 3.05) is 0 Å². The van der Waals surface area contributed by atoms with Gasteiger partial charge in [-0.25, -0.2) is 9.78 Å². The molecule has 7 nitrogen and oxygen atoms in total. The molecule has 0 unspecified atom stereocenters. The molecule has 0 aliphatic rings. The largest absolute Gasteiger partial charge is 0.444 e. The maximum atomic E-state index is 11.9. The van der Waals surface area contributed by atoms with E-state index >= 15 is 0 Å². The fraction of sp³-hybridized carbons (Fsp3) is 0.462. The molecule has 0 aliphatic heterocycles. The van der Waals surface area contributed by atoms with Gasteiger partial charge in [0.2, 0.25) is 5.89 Å². The van der Waals surface area contributed by atoms with Crippen LogP contribution >= 0.6 is 0 Å². The average molecular weight is 278 g/mol. The zero-order chi connectivity index (χ0) is 14.7. The van der Waals surface area contributed by atoms with Gasteiger partial charge in [-0.15, -0.1) is 0 Å². The number of oxazole rings is 1. The summed E-state index contributed by atoms with van der Waals surface area (Å²) in [4.78, 5) is 27.6. The number of nitrogens with one attached hydrogen (secondary N) is 1. The van der Waals surface area contributed by atoms with Crippen LogP contribution in [0.5, 0.6) is 0 Å². The highest BCUT2D eigenvalue weighted by molar-refractivity contribution is 5.05. The molecule has 20 heavy (non-hydrogen) atoms. The highest BCUT2D eigenvalue weighted by Crippen LogP contribution is 2.03. The van der Waals surface area contributed by atoms with Crippen LogP contribution in [0.15, 0.2) is 26.4 Å². The fourth-order valence-corrected chi connectivity index (χ4v) is 1.90. The van der Waals surface area contributed by atoms with Crippen LogP contribution in [0.3, 0.4) is 0 Å². The maximum Gasteiger partial charge on any atom is 0.330 e. The first-order valence-corrected chi connectivity index (χ1v) is 6.42. The number of aromatic nitrogens is 3. The van der Waals surface area contributed by atoms with E-state index in [2.05, 4.69) is 10.3 Å². The molecule has 2 rings (SSSR count). The van der Waals surface area contributed by atoms with E-state index < -0.39 is 0 Å². The van der Waals surface area contributed by atoms with E-state index in [9.17, 15) is 9.59 Å². The first-order valence-electron chi connectivity index (χ1n) is 6.42. The summed E-state index contributed by atoms with van der Waals surface area (Å²) in [5.74, 6) is 1.42. The summed E-state index contributed by atoms with van der Waals surface area (Å²) < 4.78 is 7.94. The van der Waals surface area contributed by atoms with Crippen LogP contribution < -0.4 is 16.6 Å². The fourth-order valence-electron chi connectivity index (χ4n) is 1.90. The molecular formula is C13H18N4O3. The Morgan fingerprint density at radius 1 is 1.30 bits per heavy atom. The standard InChI is InChI=1S/C13H18N4O3/c1-4-10-6-15-11(20-10)7-14-5-9-8-16(2)13(19)17(3)12(9)18/h6,8,14H,4-5,7H2,1-3H3. The van der Waals surface area contributed by atoms with E-state index in [1.807, 2.05) is 6.92 Å². The van der Waals surface area contributed by atoms with Gasteiger partial charge < -0.3 is 14.3 Å². The summed E-state index contributed by atoms with van der Waals surface area (Å²) in [5, 5.41) is 3.09. The van der Waals surface area contributed by atoms with Crippen LogP contribution in [0.1, 0.15) is 24.1 Å². The van der Waals surface area contributed by atoms with Crippen molar-refractivity contribution >= 4 is 0 Å². The first-order chi connectivity index (χ1) is 9.52. The molecule has 0 amide bonds. The second-order valence-corrected chi connectivity index (χ2v) is 4.59. The number of aryl methyl sites for hydroxylation is 2. The van der Waals surface area contributed by atoms with Gasteiger partial charge in [-0.3, -0.25) is 9.36 Å². The molecule has 2 heterocycles. The second-order valence-electron chi connectivity index (χ2n) is 4.59. The van der Waals surface area contributed by atoms with Gasteiger partial charge in [0.05, 0.1) is 12.7 Å². The van der Waals surface area contributed by atoms with Gasteiger partial charge in [-0.1, -0.05) is 6.92 Å². The topological polar surface area (TPSA) is 82.1 Å². The summed E-state index contributed by atoms with van der Waals surface area (Å²) in [5.41, 5.74) is -0.0989. The Morgan fingerprint density at radius 3 is 2.70 bits per heavy atom. The molecule has 0 saturated carbocycles. The van der Waals surface area contributed by atoms with Gasteiger partial charge in [0.15, 0.2) is 0 Å². The Labute approximate surface area is 115 Å². The molecule has 2 aromatic rings. The van der Waals surface area contributed by atoms with Crippen molar-refractivity contribution in [1.82, 2.24) is 19.4 Å². The summed E-state index contributed by atoms with van der Waals surface area (Å²) in [7, 11) is 3.09. The van der Waals surface area contributed by atoms with E-state index in [-0.39, 0.29) is 11.2 Å². The molecular weight excluding hydrogens is 260 g/mol. The molecule has 0 saturated heterocycles. The number of hydrogen-bond acceptors (Lipinski definition) is 5. The Bertz CT molecular complexity index is 711. The lowest BCUT2D eigenvalue weighted by Crippen LogP contribution is -2.39. The summed E-state index contributed by atoms with van der Waals surface area (Å²) >= 11 is 0. The Balaban J connectivity index is 2.04. The van der Waals surface area contributed by atoms with Crippen LogP contribution in [0.2, 0.25) is 0 Å². The molecule has 0 radical (unpaired) electrons. The number of hydrogen-bond donors (Lipinski definition) is 1. The van der Waals surface area contributed by atoms with Crippen LogP contribution in [-0.2, 0) is 33.6 Å². The smallest absolute Gasteiger partial charge is 0.330 e. The van der Waals surface area contributed by atoms with Gasteiger partial charge in [-0.2, -0.15) is 0 Å². The van der Waals surface area contributed by atoms with Crippen molar-refractivity contribution in [3.8, 4) is 0 Å². The monoisotopic (exact) mass is 278 g/mol. The minimum Gasteiger partial charge on any atom is -0.444 e. The molecule has 0 fully saturated rings. The van der Waals surface area contributed by atoms with E-state index in [4.69, 9.17) is 4.42 Å². The van der Waals surface area contributed by atoms with Gasteiger partial charge >= 0.3 is 5.69 Å². The third-order valence-electron chi connectivity index (χ3n) is 3.06. The van der Waals surface area contributed by atoms with Crippen molar-refractivity contribution in [2.24, 2.45) is 14.1 Å². The minimum absolute atomic E-state index is 0.290. The molecule has 0 bridgehead atoms. The molecule has 2 aromatic heterocycles. The molecule has 0 aromatic carbocycles. The Morgan fingerprint density at radius 2 is 2.05 bits per heavy atom. The zero-order valence-electron chi connectivity index (χ0n) is 11.8. The zero-order valence-corrected chi connectivity index (χ0v) is 11.8. The van der Waals surface area contributed by atoms with Gasteiger partial charge in [0.1, 0.15) is 5.76 Å². The van der Waals surface area contributed by atoms with Crippen molar-refractivity contribution in [3.63, 3.8) is 0 Å². The predicted molar refractivity (Wildman–Crippen MR) is 73.3 cm³/mol. The first kappa shape index (κ1) is 14.3. The summed E-state index contributed by atoms with van der Waals surface area (Å²) in [6.07, 6.45) is 4.04. The van der Waals surface area contributed by atoms with Crippen LogP contribution in [-0.4, -0.2) is 14.1 Å². The van der Waals surface area contributed by atoms with Crippen LogP contribution in [0.25, 0.3) is 0 Å². The summed E-state index contributed by atoms with van der Waals surface area (Å²) in [6.45, 7) is 2.78. The summed E-state index contributed by atoms with van der Waals surface area (Å²) in [6, 6.07) is 0. The predicted octanol–water partition coefficient (Wildman–Crippen LogP) is -0.0758. The van der Waals surface area contributed by atoms with E-state index in [0.29, 0.717) is 24.5 Å². The number of nitrogens with zero attached hydrogens (tertiary/aromatic N) is 3. The molecule has 0 aliphatic carbocycles. The maximum absolute atomic E-state index is 11.9. The third-order valence-corrected chi connectivity index (χ3v) is 3.06. The molecule has 0 atom stereocenters. The van der Waals surface area contributed by atoms with Gasteiger partial charge in [-0.05, 0) is 0 Å². The van der Waals surface area contributed by atoms with E-state index in [1.165, 1.54) is 11.6 Å². The third kappa shape index (κ3) is 2.88. The Hall–Kier alpha value is -2.15. The quantitative estimate of drug-likeness (QED) is 0.827. The highest BCUT2D eigenvalue weighted by Gasteiger charge is 2.07. The molecule has 7 heteroatoms. The van der Waals surface area contributed by atoms with Gasteiger partial charge in [0, 0.05) is 38.8 Å². The molecule has 1 N–H and O–H groups in total. The molecule has 0 spiro atoms. The lowest BCUT2D eigenvalue weighted by Gasteiger charge is -2.07. The van der Waals surface area contributed by atoms with Crippen molar-refractivity contribution in [2.45, 2.75) is 26.4 Å². The van der Waals surface area contributed by atoms with Crippen molar-refractivity contribution in [3.05, 3.63) is 50.4 Å². The van der Waals surface area contributed by atoms with Gasteiger partial charge in [0.25, 0.3) is 5.56 Å². The average Bonchev–Trinajstić information content (AvgIpc) is 2.90. The minimum atomic E-state index is -0.334. The lowest BCUT2D eigenvalue weighted by molar-refractivity contribution is 0.438. The van der Waals surface area contributed by atoms with E-state index in [0.717, 1.165) is 16.7 Å². The normalized spacial score (nSPS) is 10.9. The van der Waals surface area contributed by atoms with Crippen LogP contribution in [0.4, 0.5) is 0 Å². The Kier molecular flexibility index (Phi) is 4.19. The van der Waals surface area contributed by atoms with Crippen molar-refractivity contribution < 1.29 is 4.42 Å². The second kappa shape index (κ2) is 5.87. The number of rotatable bonds is 5. The molecule has 108 valence electrons. The van der Waals surface area contributed by atoms with Crippen molar-refractivity contribution in [1.29, 1.82) is 0 Å². The SMILES string of the molecule is CCc1cnc(CNCc2cn(C)c(=O)n(C)c2=O)o1. The van der Waals surface area contributed by atoms with E-state index in [1.54, 1.807) is 19.4 Å². The lowest BCUT2D eigenvalue weighted by atomic mass is 10.3. The highest BCUT2D eigenvalue weighted by atomic mass is 16.4. The van der Waals surface area contributed by atoms with Crippen LogP contribution in [0, 0.1) is 0 Å².